The summed E-state index contributed by atoms with van der Waals surface area (Å²) in [5, 5.41) is 7.30. The van der Waals surface area contributed by atoms with Gasteiger partial charge in [-0.2, -0.15) is 5.10 Å². The van der Waals surface area contributed by atoms with E-state index in [2.05, 4.69) is 22.5 Å². The van der Waals surface area contributed by atoms with Crippen molar-refractivity contribution in [3.8, 4) is 0 Å². The second kappa shape index (κ2) is 6.33. The first-order valence-corrected chi connectivity index (χ1v) is 6.12. The molecular weight excluding hydrogens is 226 g/mol. The highest BCUT2D eigenvalue weighted by molar-refractivity contribution is 5.25. The first-order chi connectivity index (χ1) is 8.83. The average Bonchev–Trinajstić information content (AvgIpc) is 2.82. The molecule has 2 rings (SSSR count). The molecule has 18 heavy (non-hydrogen) atoms. The van der Waals surface area contributed by atoms with Gasteiger partial charge in [-0.1, -0.05) is 30.3 Å². The standard InChI is InChI=1S/C14H19N3O/c1-15-10-11-18-14(12-6-4-3-5-7-12)13-8-9-16-17(13)2/h3-9,14-15H,10-11H2,1-2H3/t14-/m0/s1. The number of benzene rings is 1. The zero-order valence-electron chi connectivity index (χ0n) is 10.8. The van der Waals surface area contributed by atoms with Crippen LogP contribution in [0.15, 0.2) is 42.6 Å². The third-order valence-corrected chi connectivity index (χ3v) is 2.87. The van der Waals surface area contributed by atoms with Gasteiger partial charge in [-0.25, -0.2) is 0 Å². The van der Waals surface area contributed by atoms with Crippen LogP contribution < -0.4 is 5.32 Å². The smallest absolute Gasteiger partial charge is 0.124 e. The number of rotatable bonds is 6. The summed E-state index contributed by atoms with van der Waals surface area (Å²) in [5.41, 5.74) is 2.22. The Morgan fingerprint density at radius 2 is 2.06 bits per heavy atom. The van der Waals surface area contributed by atoms with Crippen molar-refractivity contribution in [1.82, 2.24) is 15.1 Å². The summed E-state index contributed by atoms with van der Waals surface area (Å²) in [6, 6.07) is 12.2. The van der Waals surface area contributed by atoms with E-state index < -0.39 is 0 Å². The maximum absolute atomic E-state index is 5.97. The van der Waals surface area contributed by atoms with Crippen LogP contribution in [0.25, 0.3) is 0 Å². The van der Waals surface area contributed by atoms with Crippen LogP contribution in [0.2, 0.25) is 0 Å². The zero-order valence-corrected chi connectivity index (χ0v) is 10.8. The lowest BCUT2D eigenvalue weighted by Crippen LogP contribution is -2.18. The molecular formula is C14H19N3O. The molecule has 96 valence electrons. The second-order valence-electron chi connectivity index (χ2n) is 4.14. The van der Waals surface area contributed by atoms with Gasteiger partial charge in [0.15, 0.2) is 0 Å². The highest BCUT2D eigenvalue weighted by Gasteiger charge is 2.17. The molecule has 1 N–H and O–H groups in total. The van der Waals surface area contributed by atoms with Crippen molar-refractivity contribution in [1.29, 1.82) is 0 Å². The predicted octanol–water partition coefficient (Wildman–Crippen LogP) is 1.75. The minimum atomic E-state index is -0.0629. The summed E-state index contributed by atoms with van der Waals surface area (Å²) < 4.78 is 7.83. The molecule has 0 fully saturated rings. The number of nitrogens with zero attached hydrogens (tertiary/aromatic N) is 2. The first kappa shape index (κ1) is 12.8. The van der Waals surface area contributed by atoms with Crippen molar-refractivity contribution in [3.05, 3.63) is 53.9 Å². The highest BCUT2D eigenvalue weighted by atomic mass is 16.5. The van der Waals surface area contributed by atoms with Gasteiger partial charge in [-0.3, -0.25) is 4.68 Å². The molecule has 2 aromatic rings. The van der Waals surface area contributed by atoms with Gasteiger partial charge in [0.2, 0.25) is 0 Å². The summed E-state index contributed by atoms with van der Waals surface area (Å²) in [7, 11) is 3.86. The Balaban J connectivity index is 2.21. The van der Waals surface area contributed by atoms with Crippen LogP contribution in [0, 0.1) is 0 Å². The van der Waals surface area contributed by atoms with Crippen molar-refractivity contribution in [2.45, 2.75) is 6.10 Å². The first-order valence-electron chi connectivity index (χ1n) is 6.12. The van der Waals surface area contributed by atoms with Crippen LogP contribution in [0.4, 0.5) is 0 Å². The van der Waals surface area contributed by atoms with E-state index in [1.165, 1.54) is 0 Å². The number of likely N-dealkylation sites (N-methyl/N-ethyl adjacent to an activating group) is 1. The summed E-state index contributed by atoms with van der Waals surface area (Å²) in [5.74, 6) is 0. The maximum Gasteiger partial charge on any atom is 0.124 e. The lowest BCUT2D eigenvalue weighted by molar-refractivity contribution is 0.0776. The molecule has 1 aromatic heterocycles. The molecule has 1 heterocycles. The molecule has 0 aliphatic carbocycles. The number of nitrogens with one attached hydrogen (secondary N) is 1. The molecule has 4 nitrogen and oxygen atoms in total. The van der Waals surface area contributed by atoms with Crippen molar-refractivity contribution in [2.24, 2.45) is 7.05 Å². The molecule has 0 saturated heterocycles. The van der Waals surface area contributed by atoms with Crippen LogP contribution in [0.1, 0.15) is 17.4 Å². The molecule has 0 spiro atoms. The minimum Gasteiger partial charge on any atom is -0.366 e. The number of aryl methyl sites for hydroxylation is 1. The van der Waals surface area contributed by atoms with Crippen molar-refractivity contribution in [3.63, 3.8) is 0 Å². The van der Waals surface area contributed by atoms with E-state index in [1.54, 1.807) is 6.20 Å². The third kappa shape index (κ3) is 2.97. The van der Waals surface area contributed by atoms with Crippen LogP contribution in [0.5, 0.6) is 0 Å². The molecule has 0 bridgehead atoms. The number of hydrogen-bond acceptors (Lipinski definition) is 3. The zero-order chi connectivity index (χ0) is 12.8. The van der Waals surface area contributed by atoms with E-state index in [1.807, 2.05) is 43.0 Å². The summed E-state index contributed by atoms with van der Waals surface area (Å²) in [6.45, 7) is 1.50. The summed E-state index contributed by atoms with van der Waals surface area (Å²) in [6.07, 6.45) is 1.74. The Hall–Kier alpha value is -1.65. The Labute approximate surface area is 108 Å². The van der Waals surface area contributed by atoms with Gasteiger partial charge in [-0.05, 0) is 18.7 Å². The number of aromatic nitrogens is 2. The van der Waals surface area contributed by atoms with Crippen molar-refractivity contribution < 1.29 is 4.74 Å². The summed E-state index contributed by atoms with van der Waals surface area (Å²) >= 11 is 0. The van der Waals surface area contributed by atoms with Crippen LogP contribution >= 0.6 is 0 Å². The maximum atomic E-state index is 5.97. The van der Waals surface area contributed by atoms with Crippen molar-refractivity contribution >= 4 is 0 Å². The van der Waals surface area contributed by atoms with E-state index in [4.69, 9.17) is 4.74 Å². The SMILES string of the molecule is CNCCO[C@@H](c1ccccc1)c1ccnn1C. The molecule has 1 aromatic carbocycles. The summed E-state index contributed by atoms with van der Waals surface area (Å²) in [4.78, 5) is 0. The number of ether oxygens (including phenoxy) is 1. The van der Waals surface area contributed by atoms with Crippen LogP contribution in [-0.2, 0) is 11.8 Å². The molecule has 1 atom stereocenters. The van der Waals surface area contributed by atoms with Gasteiger partial charge >= 0.3 is 0 Å². The fourth-order valence-electron chi connectivity index (χ4n) is 1.90. The molecule has 0 unspecified atom stereocenters. The third-order valence-electron chi connectivity index (χ3n) is 2.87. The normalized spacial score (nSPS) is 12.6. The van der Waals surface area contributed by atoms with E-state index in [0.29, 0.717) is 6.61 Å². The van der Waals surface area contributed by atoms with E-state index in [9.17, 15) is 0 Å². The molecule has 0 amide bonds. The quantitative estimate of drug-likeness (QED) is 0.788. The van der Waals surface area contributed by atoms with Gasteiger partial charge in [0.05, 0.1) is 12.3 Å². The van der Waals surface area contributed by atoms with Gasteiger partial charge in [0.1, 0.15) is 6.10 Å². The van der Waals surface area contributed by atoms with Crippen LogP contribution in [0.3, 0.4) is 0 Å². The van der Waals surface area contributed by atoms with Gasteiger partial charge < -0.3 is 10.1 Å². The Kier molecular flexibility index (Phi) is 4.50. The van der Waals surface area contributed by atoms with Crippen molar-refractivity contribution in [2.75, 3.05) is 20.2 Å². The Morgan fingerprint density at radius 1 is 1.28 bits per heavy atom. The van der Waals surface area contributed by atoms with Crippen LogP contribution in [-0.4, -0.2) is 30.0 Å². The highest BCUT2D eigenvalue weighted by Crippen LogP contribution is 2.24. The van der Waals surface area contributed by atoms with Gasteiger partial charge in [0.25, 0.3) is 0 Å². The second-order valence-corrected chi connectivity index (χ2v) is 4.14. The molecule has 4 heteroatoms. The van der Waals surface area contributed by atoms with E-state index in [-0.39, 0.29) is 6.10 Å². The topological polar surface area (TPSA) is 39.1 Å². The molecule has 0 aliphatic heterocycles. The van der Waals surface area contributed by atoms with Gasteiger partial charge in [0, 0.05) is 19.8 Å². The van der Waals surface area contributed by atoms with Gasteiger partial charge in [-0.15, -0.1) is 0 Å². The fourth-order valence-corrected chi connectivity index (χ4v) is 1.90. The van der Waals surface area contributed by atoms with E-state index in [0.717, 1.165) is 17.8 Å². The largest absolute Gasteiger partial charge is 0.366 e. The fraction of sp³-hybridized carbons (Fsp3) is 0.357. The molecule has 0 aliphatic rings. The lowest BCUT2D eigenvalue weighted by atomic mass is 10.1. The Morgan fingerprint density at radius 3 is 2.67 bits per heavy atom. The monoisotopic (exact) mass is 245 g/mol. The minimum absolute atomic E-state index is 0.0629. The Bertz CT molecular complexity index is 467. The lowest BCUT2D eigenvalue weighted by Gasteiger charge is -2.18. The number of hydrogen-bond donors (Lipinski definition) is 1. The predicted molar refractivity (Wildman–Crippen MR) is 71.4 cm³/mol. The molecule has 0 radical (unpaired) electrons. The van der Waals surface area contributed by atoms with E-state index >= 15 is 0 Å². The molecule has 0 saturated carbocycles. The average molecular weight is 245 g/mol.